The lowest BCUT2D eigenvalue weighted by molar-refractivity contribution is -0.134. The summed E-state index contributed by atoms with van der Waals surface area (Å²) in [6, 6.07) is 7.62. The molecule has 0 unspecified atom stereocenters. The topological polar surface area (TPSA) is 84.7 Å². The van der Waals surface area contributed by atoms with Crippen LogP contribution >= 0.6 is 0 Å². The van der Waals surface area contributed by atoms with Gasteiger partial charge < -0.3 is 9.15 Å². The van der Waals surface area contributed by atoms with E-state index >= 15 is 0 Å². The van der Waals surface area contributed by atoms with Gasteiger partial charge in [-0.2, -0.15) is 0 Å². The second kappa shape index (κ2) is 7.48. The summed E-state index contributed by atoms with van der Waals surface area (Å²) >= 11 is 0. The van der Waals surface area contributed by atoms with Gasteiger partial charge >= 0.3 is 0 Å². The van der Waals surface area contributed by atoms with Crippen LogP contribution in [0.4, 0.5) is 0 Å². The Balaban J connectivity index is 1.42. The van der Waals surface area contributed by atoms with E-state index in [4.69, 9.17) is 9.15 Å². The molecule has 2 amide bonds. The van der Waals surface area contributed by atoms with Gasteiger partial charge in [-0.25, -0.2) is 4.98 Å². The molecule has 4 heterocycles. The molecule has 1 aromatic carbocycles. The van der Waals surface area contributed by atoms with E-state index in [1.165, 1.54) is 12.8 Å². The largest absolute Gasteiger partial charge is 0.476 e. The number of pyridine rings is 1. The molecule has 1 atom stereocenters. The van der Waals surface area contributed by atoms with Gasteiger partial charge in [-0.1, -0.05) is 0 Å². The van der Waals surface area contributed by atoms with E-state index in [0.29, 0.717) is 30.9 Å². The highest BCUT2D eigenvalue weighted by molar-refractivity contribution is 6.09. The zero-order valence-corrected chi connectivity index (χ0v) is 16.1. The van der Waals surface area contributed by atoms with Gasteiger partial charge in [0.15, 0.2) is 0 Å². The number of amides is 2. The molecule has 2 saturated heterocycles. The van der Waals surface area contributed by atoms with E-state index < -0.39 is 5.92 Å². The number of imide groups is 1. The average Bonchev–Trinajstić information content (AvgIpc) is 3.38. The van der Waals surface area contributed by atoms with Crippen molar-refractivity contribution in [1.29, 1.82) is 0 Å². The van der Waals surface area contributed by atoms with Gasteiger partial charge in [0, 0.05) is 35.4 Å². The van der Waals surface area contributed by atoms with Gasteiger partial charge in [-0.3, -0.25) is 19.8 Å². The van der Waals surface area contributed by atoms with Crippen molar-refractivity contribution in [3.8, 4) is 5.88 Å². The van der Waals surface area contributed by atoms with Crippen LogP contribution in [-0.2, 0) is 9.59 Å². The normalized spacial score (nSPS) is 20.5. The second-order valence-electron chi connectivity index (χ2n) is 7.75. The van der Waals surface area contributed by atoms with Crippen LogP contribution in [0.5, 0.6) is 5.88 Å². The van der Waals surface area contributed by atoms with Crippen molar-refractivity contribution in [2.24, 2.45) is 0 Å². The maximum absolute atomic E-state index is 12.4. The summed E-state index contributed by atoms with van der Waals surface area (Å²) in [4.78, 5) is 30.9. The summed E-state index contributed by atoms with van der Waals surface area (Å²) in [6.45, 7) is 3.83. The van der Waals surface area contributed by atoms with Crippen molar-refractivity contribution in [2.45, 2.75) is 31.6 Å². The van der Waals surface area contributed by atoms with E-state index in [-0.39, 0.29) is 11.8 Å². The maximum atomic E-state index is 12.4. The fraction of sp³-hybridized carbons (Fsp3) is 0.409. The number of benzene rings is 1. The van der Waals surface area contributed by atoms with Crippen molar-refractivity contribution in [3.05, 3.63) is 36.1 Å². The quantitative estimate of drug-likeness (QED) is 0.671. The maximum Gasteiger partial charge on any atom is 0.234 e. The monoisotopic (exact) mass is 393 g/mol. The first-order chi connectivity index (χ1) is 14.2. The first kappa shape index (κ1) is 18.1. The highest BCUT2D eigenvalue weighted by Crippen LogP contribution is 2.36. The summed E-state index contributed by atoms with van der Waals surface area (Å²) in [6.07, 6.45) is 4.99. The number of furan rings is 1. The van der Waals surface area contributed by atoms with Crippen LogP contribution < -0.4 is 10.1 Å². The molecule has 1 N–H and O–H groups in total. The van der Waals surface area contributed by atoms with E-state index in [1.807, 2.05) is 24.3 Å². The number of fused-ring (bicyclic) bond motifs is 3. The van der Waals surface area contributed by atoms with Crippen LogP contribution in [0.1, 0.15) is 37.2 Å². The Morgan fingerprint density at radius 3 is 2.86 bits per heavy atom. The molecule has 5 rings (SSSR count). The third kappa shape index (κ3) is 3.46. The molecule has 7 heteroatoms. The fourth-order valence-corrected chi connectivity index (χ4v) is 4.36. The molecule has 2 fully saturated rings. The molecule has 3 aromatic rings. The number of rotatable bonds is 5. The minimum absolute atomic E-state index is 0.221. The second-order valence-corrected chi connectivity index (χ2v) is 7.75. The number of nitrogens with zero attached hydrogens (tertiary/aromatic N) is 2. The number of hydrogen-bond acceptors (Lipinski definition) is 6. The lowest BCUT2D eigenvalue weighted by Gasteiger charge is -2.20. The molecule has 2 aliphatic rings. The zero-order valence-electron chi connectivity index (χ0n) is 16.1. The van der Waals surface area contributed by atoms with Gasteiger partial charge in [0.05, 0.1) is 17.7 Å². The minimum atomic E-state index is -0.393. The SMILES string of the molecule is O=C1CC[C@@H](c2coc3ccc4nc(OCCN5CCCC5)ccc4c23)C(=O)N1. The minimum Gasteiger partial charge on any atom is -0.476 e. The number of carbonyl (C=O) groups excluding carboxylic acids is 2. The number of nitrogens with one attached hydrogen (secondary N) is 1. The summed E-state index contributed by atoms with van der Waals surface area (Å²) in [7, 11) is 0. The Bertz CT molecular complexity index is 1080. The molecule has 0 radical (unpaired) electrons. The molecule has 150 valence electrons. The van der Waals surface area contributed by atoms with Crippen molar-refractivity contribution >= 4 is 33.7 Å². The Kier molecular flexibility index (Phi) is 4.67. The zero-order chi connectivity index (χ0) is 19.8. The van der Waals surface area contributed by atoms with Crippen LogP contribution in [0.25, 0.3) is 21.9 Å². The van der Waals surface area contributed by atoms with Crippen LogP contribution in [0.3, 0.4) is 0 Å². The molecule has 0 aliphatic carbocycles. The molecule has 7 nitrogen and oxygen atoms in total. The van der Waals surface area contributed by atoms with E-state index in [9.17, 15) is 9.59 Å². The fourth-order valence-electron chi connectivity index (χ4n) is 4.36. The van der Waals surface area contributed by atoms with Crippen molar-refractivity contribution in [2.75, 3.05) is 26.2 Å². The van der Waals surface area contributed by atoms with Crippen LogP contribution in [0.2, 0.25) is 0 Å². The number of carbonyl (C=O) groups is 2. The first-order valence-electron chi connectivity index (χ1n) is 10.2. The number of likely N-dealkylation sites (tertiary alicyclic amines) is 1. The van der Waals surface area contributed by atoms with Crippen LogP contribution in [0.15, 0.2) is 34.9 Å². The van der Waals surface area contributed by atoms with Gasteiger partial charge in [0.2, 0.25) is 17.7 Å². The number of ether oxygens (including phenoxy) is 1. The Labute approximate surface area is 168 Å². The Morgan fingerprint density at radius 1 is 1.17 bits per heavy atom. The highest BCUT2D eigenvalue weighted by atomic mass is 16.5. The standard InChI is InChI=1S/C22H23N3O4/c26-19-7-3-14(22(27)24-19)16-13-29-18-6-5-17-15(21(16)18)4-8-20(23-17)28-12-11-25-9-1-2-10-25/h4-6,8,13-14H,1-3,7,9-12H2,(H,24,26,27)/t14-/m0/s1. The lowest BCUT2D eigenvalue weighted by atomic mass is 9.89. The highest BCUT2D eigenvalue weighted by Gasteiger charge is 2.31. The van der Waals surface area contributed by atoms with Gasteiger partial charge in [0.25, 0.3) is 0 Å². The smallest absolute Gasteiger partial charge is 0.234 e. The summed E-state index contributed by atoms with van der Waals surface area (Å²) in [5.41, 5.74) is 2.31. The molecule has 29 heavy (non-hydrogen) atoms. The number of aromatic nitrogens is 1. The Morgan fingerprint density at radius 2 is 2.03 bits per heavy atom. The van der Waals surface area contributed by atoms with Crippen molar-refractivity contribution in [3.63, 3.8) is 0 Å². The predicted molar refractivity (Wildman–Crippen MR) is 108 cm³/mol. The van der Waals surface area contributed by atoms with Crippen molar-refractivity contribution < 1.29 is 18.7 Å². The van der Waals surface area contributed by atoms with E-state index in [0.717, 1.165) is 41.5 Å². The van der Waals surface area contributed by atoms with Gasteiger partial charge in [-0.05, 0) is 50.6 Å². The van der Waals surface area contributed by atoms with Crippen LogP contribution in [-0.4, -0.2) is 47.9 Å². The van der Waals surface area contributed by atoms with Crippen molar-refractivity contribution in [1.82, 2.24) is 15.2 Å². The first-order valence-corrected chi connectivity index (χ1v) is 10.2. The summed E-state index contributed by atoms with van der Waals surface area (Å²) in [5, 5.41) is 4.23. The summed E-state index contributed by atoms with van der Waals surface area (Å²) in [5.74, 6) is -0.282. The molecule has 2 aliphatic heterocycles. The van der Waals surface area contributed by atoms with Gasteiger partial charge in [0.1, 0.15) is 12.2 Å². The molecular formula is C22H23N3O4. The van der Waals surface area contributed by atoms with E-state index in [1.54, 1.807) is 6.26 Å². The molecular weight excluding hydrogens is 370 g/mol. The third-order valence-corrected chi connectivity index (χ3v) is 5.88. The molecule has 2 aromatic heterocycles. The molecule has 0 bridgehead atoms. The number of hydrogen-bond donors (Lipinski definition) is 1. The molecule has 0 saturated carbocycles. The van der Waals surface area contributed by atoms with E-state index in [2.05, 4.69) is 15.2 Å². The number of piperidine rings is 1. The predicted octanol–water partition coefficient (Wildman–Crippen LogP) is 2.98. The van der Waals surface area contributed by atoms with Gasteiger partial charge in [-0.15, -0.1) is 0 Å². The Hall–Kier alpha value is -2.93. The van der Waals surface area contributed by atoms with Crippen LogP contribution in [0, 0.1) is 0 Å². The summed E-state index contributed by atoms with van der Waals surface area (Å²) < 4.78 is 11.6. The average molecular weight is 393 g/mol. The lowest BCUT2D eigenvalue weighted by Crippen LogP contribution is -2.39. The third-order valence-electron chi connectivity index (χ3n) is 5.88. The molecule has 0 spiro atoms.